The van der Waals surface area contributed by atoms with Crippen LogP contribution in [0, 0.1) is 12.7 Å². The van der Waals surface area contributed by atoms with Crippen molar-refractivity contribution in [3.63, 3.8) is 0 Å². The summed E-state index contributed by atoms with van der Waals surface area (Å²) in [5.41, 5.74) is 2.46. The molecule has 0 bridgehead atoms. The second-order valence-corrected chi connectivity index (χ2v) is 5.59. The number of aliphatic hydroxyl groups is 1. The lowest BCUT2D eigenvalue weighted by molar-refractivity contribution is 0.173. The molecule has 0 amide bonds. The SMILES string of the molecule is COc1ccc(Br)cc1C(O)Cc1ccc(F)cc1C. The van der Waals surface area contributed by atoms with Crippen molar-refractivity contribution in [3.05, 3.63) is 63.4 Å². The first-order valence-electron chi connectivity index (χ1n) is 6.28. The van der Waals surface area contributed by atoms with Gasteiger partial charge in [-0.1, -0.05) is 22.0 Å². The van der Waals surface area contributed by atoms with Crippen molar-refractivity contribution in [2.75, 3.05) is 7.11 Å². The van der Waals surface area contributed by atoms with E-state index < -0.39 is 6.10 Å². The molecule has 0 heterocycles. The summed E-state index contributed by atoms with van der Waals surface area (Å²) >= 11 is 3.39. The summed E-state index contributed by atoms with van der Waals surface area (Å²) in [6, 6.07) is 10.1. The molecule has 0 radical (unpaired) electrons. The number of hydrogen-bond acceptors (Lipinski definition) is 2. The Morgan fingerprint density at radius 3 is 2.65 bits per heavy atom. The lowest BCUT2D eigenvalue weighted by atomic mass is 9.97. The van der Waals surface area contributed by atoms with Crippen molar-refractivity contribution in [1.82, 2.24) is 0 Å². The molecule has 0 aromatic heterocycles. The zero-order chi connectivity index (χ0) is 14.7. The Bertz CT molecular complexity index is 613. The molecule has 1 N–H and O–H groups in total. The van der Waals surface area contributed by atoms with E-state index in [0.717, 1.165) is 15.6 Å². The highest BCUT2D eigenvalue weighted by Gasteiger charge is 2.15. The van der Waals surface area contributed by atoms with E-state index in [4.69, 9.17) is 4.74 Å². The summed E-state index contributed by atoms with van der Waals surface area (Å²) in [6.45, 7) is 1.84. The average molecular weight is 339 g/mol. The molecule has 4 heteroatoms. The van der Waals surface area contributed by atoms with Gasteiger partial charge in [-0.15, -0.1) is 0 Å². The fraction of sp³-hybridized carbons (Fsp3) is 0.250. The number of hydrogen-bond donors (Lipinski definition) is 1. The van der Waals surface area contributed by atoms with Crippen molar-refractivity contribution in [2.45, 2.75) is 19.4 Å². The zero-order valence-electron chi connectivity index (χ0n) is 11.4. The number of aliphatic hydroxyl groups excluding tert-OH is 1. The fourth-order valence-electron chi connectivity index (χ4n) is 2.17. The van der Waals surface area contributed by atoms with Crippen LogP contribution in [0.25, 0.3) is 0 Å². The first kappa shape index (κ1) is 15.0. The van der Waals surface area contributed by atoms with Gasteiger partial charge in [-0.25, -0.2) is 4.39 Å². The Labute approximate surface area is 126 Å². The first-order valence-corrected chi connectivity index (χ1v) is 7.07. The maximum Gasteiger partial charge on any atom is 0.124 e. The van der Waals surface area contributed by atoms with Gasteiger partial charge in [-0.05, 0) is 48.4 Å². The molecule has 1 atom stereocenters. The van der Waals surface area contributed by atoms with Crippen LogP contribution in [-0.2, 0) is 6.42 Å². The van der Waals surface area contributed by atoms with Gasteiger partial charge < -0.3 is 9.84 Å². The molecule has 0 saturated carbocycles. The highest BCUT2D eigenvalue weighted by molar-refractivity contribution is 9.10. The molecule has 0 aliphatic carbocycles. The van der Waals surface area contributed by atoms with Crippen molar-refractivity contribution < 1.29 is 14.2 Å². The number of ether oxygens (including phenoxy) is 1. The van der Waals surface area contributed by atoms with Crippen molar-refractivity contribution in [3.8, 4) is 5.75 Å². The summed E-state index contributed by atoms with van der Waals surface area (Å²) in [5.74, 6) is 0.376. The van der Waals surface area contributed by atoms with Gasteiger partial charge in [0.15, 0.2) is 0 Å². The molecular weight excluding hydrogens is 323 g/mol. The summed E-state index contributed by atoms with van der Waals surface area (Å²) in [7, 11) is 1.57. The highest BCUT2D eigenvalue weighted by Crippen LogP contribution is 2.31. The molecule has 0 aliphatic rings. The van der Waals surface area contributed by atoms with Crippen LogP contribution in [0.4, 0.5) is 4.39 Å². The molecule has 2 aromatic rings. The van der Waals surface area contributed by atoms with E-state index in [2.05, 4.69) is 15.9 Å². The Kier molecular flexibility index (Phi) is 4.78. The minimum absolute atomic E-state index is 0.263. The molecule has 2 rings (SSSR count). The van der Waals surface area contributed by atoms with Crippen LogP contribution in [0.5, 0.6) is 5.75 Å². The molecule has 1 unspecified atom stereocenters. The number of halogens is 2. The maximum absolute atomic E-state index is 13.1. The molecule has 2 aromatic carbocycles. The number of rotatable bonds is 4. The van der Waals surface area contributed by atoms with E-state index in [1.165, 1.54) is 12.1 Å². The zero-order valence-corrected chi connectivity index (χ0v) is 12.9. The van der Waals surface area contributed by atoms with Gasteiger partial charge in [0.25, 0.3) is 0 Å². The molecule has 2 nitrogen and oxygen atoms in total. The smallest absolute Gasteiger partial charge is 0.124 e. The second kappa shape index (κ2) is 6.37. The minimum Gasteiger partial charge on any atom is -0.496 e. The van der Waals surface area contributed by atoms with E-state index in [1.54, 1.807) is 19.2 Å². The first-order chi connectivity index (χ1) is 9.51. The molecule has 0 aliphatic heterocycles. The minimum atomic E-state index is -0.702. The van der Waals surface area contributed by atoms with Crippen LogP contribution in [0.15, 0.2) is 40.9 Å². The molecular formula is C16H16BrFO2. The van der Waals surface area contributed by atoms with Crippen LogP contribution in [0.2, 0.25) is 0 Å². The summed E-state index contributed by atoms with van der Waals surface area (Å²) in [4.78, 5) is 0. The maximum atomic E-state index is 13.1. The van der Waals surface area contributed by atoms with Crippen molar-refractivity contribution >= 4 is 15.9 Å². The van der Waals surface area contributed by atoms with Gasteiger partial charge in [-0.2, -0.15) is 0 Å². The van der Waals surface area contributed by atoms with Crippen LogP contribution in [-0.4, -0.2) is 12.2 Å². The fourth-order valence-corrected chi connectivity index (χ4v) is 2.55. The monoisotopic (exact) mass is 338 g/mol. The third-order valence-corrected chi connectivity index (χ3v) is 3.76. The lowest BCUT2D eigenvalue weighted by Crippen LogP contribution is -2.05. The van der Waals surface area contributed by atoms with Gasteiger partial charge in [-0.3, -0.25) is 0 Å². The Morgan fingerprint density at radius 1 is 1.25 bits per heavy atom. The number of aryl methyl sites for hydroxylation is 1. The van der Waals surface area contributed by atoms with Gasteiger partial charge in [0.2, 0.25) is 0 Å². The lowest BCUT2D eigenvalue weighted by Gasteiger charge is -2.16. The molecule has 0 fully saturated rings. The van der Waals surface area contributed by atoms with E-state index in [0.29, 0.717) is 17.7 Å². The Morgan fingerprint density at radius 2 is 2.00 bits per heavy atom. The quantitative estimate of drug-likeness (QED) is 0.905. The van der Waals surface area contributed by atoms with Crippen LogP contribution < -0.4 is 4.74 Å². The van der Waals surface area contributed by atoms with Gasteiger partial charge in [0.1, 0.15) is 11.6 Å². The van der Waals surface area contributed by atoms with Crippen LogP contribution in [0.1, 0.15) is 22.8 Å². The molecule has 0 saturated heterocycles. The predicted octanol–water partition coefficient (Wildman–Crippen LogP) is 4.18. The van der Waals surface area contributed by atoms with Crippen LogP contribution in [0.3, 0.4) is 0 Å². The third-order valence-electron chi connectivity index (χ3n) is 3.27. The van der Waals surface area contributed by atoms with Crippen LogP contribution >= 0.6 is 15.9 Å². The van der Waals surface area contributed by atoms with Gasteiger partial charge in [0.05, 0.1) is 13.2 Å². The Balaban J connectivity index is 2.27. The van der Waals surface area contributed by atoms with E-state index >= 15 is 0 Å². The predicted molar refractivity (Wildman–Crippen MR) is 80.5 cm³/mol. The van der Waals surface area contributed by atoms with Crippen molar-refractivity contribution in [2.24, 2.45) is 0 Å². The normalized spacial score (nSPS) is 12.2. The molecule has 0 spiro atoms. The molecule has 20 heavy (non-hydrogen) atoms. The third kappa shape index (κ3) is 3.38. The molecule has 106 valence electrons. The number of benzene rings is 2. The number of methoxy groups -OCH3 is 1. The van der Waals surface area contributed by atoms with E-state index in [-0.39, 0.29) is 5.82 Å². The van der Waals surface area contributed by atoms with Crippen molar-refractivity contribution in [1.29, 1.82) is 0 Å². The highest BCUT2D eigenvalue weighted by atomic mass is 79.9. The Hall–Kier alpha value is -1.39. The average Bonchev–Trinajstić information content (AvgIpc) is 2.41. The van der Waals surface area contributed by atoms with E-state index in [9.17, 15) is 9.50 Å². The standard InChI is InChI=1S/C16H16BrFO2/c1-10-7-13(18)5-3-11(10)8-15(19)14-9-12(17)4-6-16(14)20-2/h3-7,9,15,19H,8H2,1-2H3. The summed E-state index contributed by atoms with van der Waals surface area (Å²) < 4.78 is 19.2. The largest absolute Gasteiger partial charge is 0.496 e. The van der Waals surface area contributed by atoms with Gasteiger partial charge in [0, 0.05) is 16.5 Å². The second-order valence-electron chi connectivity index (χ2n) is 4.68. The summed E-state index contributed by atoms with van der Waals surface area (Å²) in [6.07, 6.45) is -0.287. The summed E-state index contributed by atoms with van der Waals surface area (Å²) in [5, 5.41) is 10.4. The van der Waals surface area contributed by atoms with E-state index in [1.807, 2.05) is 19.1 Å². The van der Waals surface area contributed by atoms with Gasteiger partial charge >= 0.3 is 0 Å². The topological polar surface area (TPSA) is 29.5 Å².